The number of amides is 1. The number of nitrogens with zero attached hydrogens (tertiary/aromatic N) is 2. The molecule has 0 radical (unpaired) electrons. The van der Waals surface area contributed by atoms with E-state index in [1.807, 2.05) is 36.4 Å². The maximum Gasteiger partial charge on any atom is 0.274 e. The summed E-state index contributed by atoms with van der Waals surface area (Å²) in [6.07, 6.45) is 5.11. The van der Waals surface area contributed by atoms with Crippen LogP contribution in [0.15, 0.2) is 94.5 Å². The Morgan fingerprint density at radius 2 is 1.46 bits per heavy atom. The number of carbonyl (C=O) groups is 1. The van der Waals surface area contributed by atoms with Crippen molar-refractivity contribution in [3.8, 4) is 17.2 Å². The number of rotatable bonds is 10. The number of H-pyrrole nitrogens is 1. The standard InChI is InChI=1S/C40H40N4O6/c1-43-35(22-28-9-15-33(48-2)16-10-28)39(46)42-34(40(43)47)21-27-5-11-29(12-6-27)38(45)41-32-13-7-26(8-14-32)17-19-44-20-18-30-23-36(49-3)37(50-4)24-31(30)25-44/h5-16,21-24H,17-20,25H2,1-4H3,(H,41,45)(H,42,46)/b34-21-,35-22-. The number of hydrogen-bond donors (Lipinski definition) is 2. The van der Waals surface area contributed by atoms with Crippen molar-refractivity contribution in [3.05, 3.63) is 150 Å². The van der Waals surface area contributed by atoms with Crippen molar-refractivity contribution in [1.29, 1.82) is 0 Å². The molecule has 6 rings (SSSR count). The first kappa shape index (κ1) is 34.0. The fourth-order valence-electron chi connectivity index (χ4n) is 6.08. The molecule has 1 aliphatic heterocycles. The lowest BCUT2D eigenvalue weighted by atomic mass is 9.98. The molecule has 10 heteroatoms. The van der Waals surface area contributed by atoms with E-state index in [2.05, 4.69) is 27.3 Å². The molecular weight excluding hydrogens is 632 g/mol. The lowest BCUT2D eigenvalue weighted by molar-refractivity contribution is 0.102. The largest absolute Gasteiger partial charge is 0.497 e. The van der Waals surface area contributed by atoms with E-state index in [-0.39, 0.29) is 22.2 Å². The quantitative estimate of drug-likeness (QED) is 0.233. The molecule has 5 aromatic rings. The number of hydrogen-bond acceptors (Lipinski definition) is 7. The average Bonchev–Trinajstić information content (AvgIpc) is 3.15. The third kappa shape index (κ3) is 7.71. The highest BCUT2D eigenvalue weighted by molar-refractivity contribution is 6.04. The minimum atomic E-state index is -0.393. The molecule has 0 unspecified atom stereocenters. The van der Waals surface area contributed by atoms with E-state index in [1.54, 1.807) is 76.9 Å². The van der Waals surface area contributed by atoms with Crippen LogP contribution in [0.5, 0.6) is 17.2 Å². The lowest BCUT2D eigenvalue weighted by Crippen LogP contribution is -2.52. The van der Waals surface area contributed by atoms with Gasteiger partial charge in [-0.15, -0.1) is 0 Å². The molecule has 0 atom stereocenters. The molecule has 1 aliphatic rings. The third-order valence-electron chi connectivity index (χ3n) is 9.01. The predicted octanol–water partition coefficient (Wildman–Crippen LogP) is 3.61. The van der Waals surface area contributed by atoms with Gasteiger partial charge in [-0.05, 0) is 101 Å². The van der Waals surface area contributed by atoms with E-state index in [9.17, 15) is 14.4 Å². The molecule has 2 heterocycles. The molecule has 0 saturated heterocycles. The zero-order chi connectivity index (χ0) is 35.2. The second-order valence-electron chi connectivity index (χ2n) is 12.2. The first-order valence-electron chi connectivity index (χ1n) is 16.4. The van der Waals surface area contributed by atoms with Crippen LogP contribution in [0.1, 0.15) is 38.2 Å². The molecule has 2 N–H and O–H groups in total. The Labute approximate surface area is 289 Å². The second kappa shape index (κ2) is 15.1. The minimum Gasteiger partial charge on any atom is -0.497 e. The van der Waals surface area contributed by atoms with Crippen LogP contribution < -0.4 is 41.3 Å². The molecule has 0 saturated carbocycles. The van der Waals surface area contributed by atoms with Crippen LogP contribution in [0.25, 0.3) is 12.2 Å². The van der Waals surface area contributed by atoms with Crippen LogP contribution in [-0.4, -0.2) is 54.8 Å². The molecular formula is C40H40N4O6. The van der Waals surface area contributed by atoms with Crippen molar-refractivity contribution >= 4 is 23.7 Å². The maximum absolute atomic E-state index is 13.1. The molecule has 256 valence electrons. The summed E-state index contributed by atoms with van der Waals surface area (Å²) in [5, 5.41) is 3.33. The van der Waals surface area contributed by atoms with Gasteiger partial charge in [-0.2, -0.15) is 0 Å². The zero-order valence-corrected chi connectivity index (χ0v) is 28.6. The molecule has 1 aromatic heterocycles. The predicted molar refractivity (Wildman–Crippen MR) is 195 cm³/mol. The Hall–Kier alpha value is -5.87. The summed E-state index contributed by atoms with van der Waals surface area (Å²) in [4.78, 5) is 44.1. The molecule has 4 aromatic carbocycles. The summed E-state index contributed by atoms with van der Waals surface area (Å²) in [6.45, 7) is 2.78. The van der Waals surface area contributed by atoms with Crippen LogP contribution in [0.3, 0.4) is 0 Å². The number of aromatic nitrogens is 2. The number of aromatic amines is 1. The van der Waals surface area contributed by atoms with E-state index in [0.29, 0.717) is 22.6 Å². The molecule has 10 nitrogen and oxygen atoms in total. The number of carbonyl (C=O) groups excluding carboxylic acids is 1. The van der Waals surface area contributed by atoms with Crippen molar-refractivity contribution < 1.29 is 19.0 Å². The highest BCUT2D eigenvalue weighted by Gasteiger charge is 2.19. The smallest absolute Gasteiger partial charge is 0.274 e. The molecule has 0 fully saturated rings. The van der Waals surface area contributed by atoms with Gasteiger partial charge in [-0.3, -0.25) is 19.3 Å². The Balaban J connectivity index is 1.06. The molecule has 0 aliphatic carbocycles. The average molecular weight is 673 g/mol. The maximum atomic E-state index is 13.1. The molecule has 0 spiro atoms. The van der Waals surface area contributed by atoms with Gasteiger partial charge in [0.15, 0.2) is 11.5 Å². The highest BCUT2D eigenvalue weighted by Crippen LogP contribution is 2.33. The van der Waals surface area contributed by atoms with Gasteiger partial charge in [0.05, 0.1) is 21.3 Å². The van der Waals surface area contributed by atoms with E-state index in [4.69, 9.17) is 14.2 Å². The monoisotopic (exact) mass is 672 g/mol. The summed E-state index contributed by atoms with van der Waals surface area (Å²) in [5.74, 6) is 1.98. The van der Waals surface area contributed by atoms with Crippen molar-refractivity contribution in [3.63, 3.8) is 0 Å². The van der Waals surface area contributed by atoms with E-state index >= 15 is 0 Å². The van der Waals surface area contributed by atoms with E-state index < -0.39 is 5.56 Å². The van der Waals surface area contributed by atoms with Crippen LogP contribution in [0.2, 0.25) is 0 Å². The zero-order valence-electron chi connectivity index (χ0n) is 28.6. The number of benzene rings is 4. The van der Waals surface area contributed by atoms with E-state index in [1.165, 1.54) is 21.3 Å². The molecule has 0 bridgehead atoms. The van der Waals surface area contributed by atoms with Crippen molar-refractivity contribution in [2.45, 2.75) is 19.4 Å². The number of fused-ring (bicyclic) bond motifs is 1. The topological polar surface area (TPSA) is 115 Å². The van der Waals surface area contributed by atoms with Crippen LogP contribution >= 0.6 is 0 Å². The first-order chi connectivity index (χ1) is 24.2. The Morgan fingerprint density at radius 1 is 0.820 bits per heavy atom. The van der Waals surface area contributed by atoms with Crippen LogP contribution in [0.4, 0.5) is 5.69 Å². The van der Waals surface area contributed by atoms with E-state index in [0.717, 1.165) is 49.5 Å². The third-order valence-corrected chi connectivity index (χ3v) is 9.01. The molecule has 50 heavy (non-hydrogen) atoms. The number of anilines is 1. The normalized spacial score (nSPS) is 13.5. The molecule has 1 amide bonds. The Kier molecular flexibility index (Phi) is 10.3. The number of nitrogens with one attached hydrogen (secondary N) is 2. The van der Waals surface area contributed by atoms with Gasteiger partial charge >= 0.3 is 0 Å². The summed E-state index contributed by atoms with van der Waals surface area (Å²) >= 11 is 0. The fraction of sp³-hybridized carbons (Fsp3) is 0.225. The van der Waals surface area contributed by atoms with Gasteiger partial charge in [0, 0.05) is 37.9 Å². The van der Waals surface area contributed by atoms with Gasteiger partial charge in [0.2, 0.25) is 0 Å². The van der Waals surface area contributed by atoms with Crippen molar-refractivity contribution in [2.75, 3.05) is 39.7 Å². The second-order valence-corrected chi connectivity index (χ2v) is 12.2. The minimum absolute atomic E-state index is 0.146. The van der Waals surface area contributed by atoms with Gasteiger partial charge in [0.1, 0.15) is 16.4 Å². The number of ether oxygens (including phenoxy) is 3. The van der Waals surface area contributed by atoms with Crippen LogP contribution in [0, 0.1) is 0 Å². The van der Waals surface area contributed by atoms with Gasteiger partial charge in [-0.25, -0.2) is 0 Å². The SMILES string of the molecule is COc1ccc(/C=c2/c(=O)[nH]/c(=C\c3ccc(C(=O)Nc4ccc(CCN5CCc6cc(OC)c(OC)cc6C5)cc4)cc3)c(=O)n2C)cc1. The van der Waals surface area contributed by atoms with Crippen LogP contribution in [-0.2, 0) is 26.4 Å². The summed E-state index contributed by atoms with van der Waals surface area (Å²) < 4.78 is 17.5. The van der Waals surface area contributed by atoms with Gasteiger partial charge < -0.3 is 29.1 Å². The first-order valence-corrected chi connectivity index (χ1v) is 16.4. The van der Waals surface area contributed by atoms with Crippen molar-refractivity contribution in [1.82, 2.24) is 14.5 Å². The van der Waals surface area contributed by atoms with Gasteiger partial charge in [0.25, 0.3) is 17.0 Å². The van der Waals surface area contributed by atoms with Gasteiger partial charge in [-0.1, -0.05) is 36.4 Å². The summed E-state index contributed by atoms with van der Waals surface area (Å²) in [5.41, 5.74) is 5.63. The number of methoxy groups -OCH3 is 3. The summed E-state index contributed by atoms with van der Waals surface area (Å²) in [7, 11) is 6.47. The Bertz CT molecular complexity index is 2240. The lowest BCUT2D eigenvalue weighted by Gasteiger charge is -2.29. The summed E-state index contributed by atoms with van der Waals surface area (Å²) in [6, 6.07) is 26.1. The van der Waals surface area contributed by atoms with Crippen molar-refractivity contribution in [2.24, 2.45) is 7.05 Å². The highest BCUT2D eigenvalue weighted by atomic mass is 16.5. The Morgan fingerprint density at radius 3 is 2.12 bits per heavy atom. The fourth-order valence-corrected chi connectivity index (χ4v) is 6.08.